The van der Waals surface area contributed by atoms with E-state index in [2.05, 4.69) is 47.6 Å². The molecule has 2 unspecified atom stereocenters. The lowest BCUT2D eigenvalue weighted by atomic mass is 10.0. The van der Waals surface area contributed by atoms with E-state index in [1.165, 1.54) is 5.56 Å². The van der Waals surface area contributed by atoms with Crippen molar-refractivity contribution in [1.29, 1.82) is 5.26 Å². The van der Waals surface area contributed by atoms with Gasteiger partial charge in [-0.15, -0.1) is 24.8 Å². The molecule has 1 heterocycles. The van der Waals surface area contributed by atoms with Gasteiger partial charge in [-0.1, -0.05) is 36.4 Å². The van der Waals surface area contributed by atoms with Gasteiger partial charge in [0.1, 0.15) is 0 Å². The van der Waals surface area contributed by atoms with Crippen molar-refractivity contribution in [2.24, 2.45) is 0 Å². The molecule has 7 heteroatoms. The van der Waals surface area contributed by atoms with Gasteiger partial charge in [-0.25, -0.2) is 0 Å². The first kappa shape index (κ1) is 24.2. The van der Waals surface area contributed by atoms with E-state index < -0.39 is 0 Å². The Morgan fingerprint density at radius 1 is 1.07 bits per heavy atom. The highest BCUT2D eigenvalue weighted by atomic mass is 35.5. The van der Waals surface area contributed by atoms with Crippen LogP contribution in [0.5, 0.6) is 0 Å². The maximum Gasteiger partial charge on any atom is 0.236 e. The van der Waals surface area contributed by atoms with Crippen LogP contribution in [0.15, 0.2) is 48.5 Å². The second-order valence-electron chi connectivity index (χ2n) is 7.83. The summed E-state index contributed by atoms with van der Waals surface area (Å²) < 4.78 is 0. The third-order valence-corrected chi connectivity index (χ3v) is 5.83. The van der Waals surface area contributed by atoms with Gasteiger partial charge in [0.05, 0.1) is 18.2 Å². The molecular weight excluding hydrogens is 419 g/mol. The molecule has 0 radical (unpaired) electrons. The Hall–Kier alpha value is -2.10. The summed E-state index contributed by atoms with van der Waals surface area (Å²) in [6.45, 7) is 4.02. The van der Waals surface area contributed by atoms with E-state index in [4.69, 9.17) is 5.26 Å². The predicted molar refractivity (Wildman–Crippen MR) is 124 cm³/mol. The van der Waals surface area contributed by atoms with Crippen LogP contribution in [-0.2, 0) is 4.79 Å². The number of rotatable bonds is 5. The van der Waals surface area contributed by atoms with Crippen molar-refractivity contribution < 1.29 is 4.79 Å². The monoisotopic (exact) mass is 446 g/mol. The van der Waals surface area contributed by atoms with Gasteiger partial charge < -0.3 is 15.1 Å². The number of carbonyl (C=O) groups excluding carboxylic acids is 1. The highest BCUT2D eigenvalue weighted by molar-refractivity contribution is 5.85. The molecule has 1 aliphatic carbocycles. The largest absolute Gasteiger partial charge is 0.339 e. The lowest BCUT2D eigenvalue weighted by Gasteiger charge is -2.32. The van der Waals surface area contributed by atoms with Gasteiger partial charge in [0.25, 0.3) is 0 Å². The molecule has 2 atom stereocenters. The van der Waals surface area contributed by atoms with Gasteiger partial charge in [-0.3, -0.25) is 4.79 Å². The Morgan fingerprint density at radius 2 is 1.77 bits per heavy atom. The first-order chi connectivity index (χ1) is 13.6. The number of carbonyl (C=O) groups is 1. The molecule has 5 nitrogen and oxygen atoms in total. The Morgan fingerprint density at radius 3 is 2.43 bits per heavy atom. The number of nitrogens with zero attached hydrogens (tertiary/aromatic N) is 3. The number of hydrogen-bond donors (Lipinski definition) is 1. The van der Waals surface area contributed by atoms with Crippen LogP contribution in [0.3, 0.4) is 0 Å². The van der Waals surface area contributed by atoms with E-state index in [0.29, 0.717) is 24.1 Å². The number of halogens is 2. The van der Waals surface area contributed by atoms with Crippen molar-refractivity contribution in [3.05, 3.63) is 59.7 Å². The molecule has 30 heavy (non-hydrogen) atoms. The highest BCUT2D eigenvalue weighted by Gasteiger charge is 2.38. The molecule has 4 rings (SSSR count). The molecule has 1 N–H and O–H groups in total. The quantitative estimate of drug-likeness (QED) is 0.765. The van der Waals surface area contributed by atoms with Crippen LogP contribution in [0.2, 0.25) is 0 Å². The predicted octanol–water partition coefficient (Wildman–Crippen LogP) is 3.29. The van der Waals surface area contributed by atoms with E-state index in [1.807, 2.05) is 29.2 Å². The zero-order valence-corrected chi connectivity index (χ0v) is 18.7. The highest BCUT2D eigenvalue weighted by Crippen LogP contribution is 2.41. The number of piperazine rings is 1. The van der Waals surface area contributed by atoms with Crippen molar-refractivity contribution in [2.75, 3.05) is 39.8 Å². The van der Waals surface area contributed by atoms with Gasteiger partial charge in [0, 0.05) is 38.1 Å². The molecule has 0 spiro atoms. The molecule has 1 saturated heterocycles. The van der Waals surface area contributed by atoms with E-state index in [9.17, 15) is 4.79 Å². The Labute approximate surface area is 190 Å². The minimum absolute atomic E-state index is 0. The van der Waals surface area contributed by atoms with Crippen molar-refractivity contribution in [2.45, 2.75) is 18.4 Å². The second kappa shape index (κ2) is 10.8. The van der Waals surface area contributed by atoms with Crippen molar-refractivity contribution >= 4 is 30.7 Å². The molecule has 1 amide bonds. The number of nitrogens with one attached hydrogen (secondary N) is 1. The van der Waals surface area contributed by atoms with Crippen molar-refractivity contribution in [3.8, 4) is 17.2 Å². The second-order valence-corrected chi connectivity index (χ2v) is 7.83. The van der Waals surface area contributed by atoms with E-state index in [-0.39, 0.29) is 30.7 Å². The maximum atomic E-state index is 12.4. The van der Waals surface area contributed by atoms with Gasteiger partial charge >= 0.3 is 0 Å². The molecule has 0 aromatic heterocycles. The SMILES string of the molecule is CN1CCN(C(=O)CNC2CC2c2ccc(-c3cccc(C#N)c3)cc2)CC1.Cl.Cl. The minimum Gasteiger partial charge on any atom is -0.339 e. The van der Waals surface area contributed by atoms with E-state index >= 15 is 0 Å². The number of benzene rings is 2. The summed E-state index contributed by atoms with van der Waals surface area (Å²) in [5.74, 6) is 0.700. The van der Waals surface area contributed by atoms with Gasteiger partial charge in [-0.05, 0) is 42.3 Å². The zero-order valence-electron chi connectivity index (χ0n) is 17.1. The van der Waals surface area contributed by atoms with Crippen molar-refractivity contribution in [1.82, 2.24) is 15.1 Å². The summed E-state index contributed by atoms with van der Waals surface area (Å²) in [6.07, 6.45) is 1.08. The lowest BCUT2D eigenvalue weighted by molar-refractivity contribution is -0.131. The summed E-state index contributed by atoms with van der Waals surface area (Å²) in [7, 11) is 2.10. The molecular formula is C23H28Cl2N4O. The summed E-state index contributed by atoms with van der Waals surface area (Å²) in [4.78, 5) is 16.6. The minimum atomic E-state index is 0. The third-order valence-electron chi connectivity index (χ3n) is 5.83. The summed E-state index contributed by atoms with van der Waals surface area (Å²) in [5.41, 5.74) is 4.17. The number of hydrogen-bond acceptors (Lipinski definition) is 4. The van der Waals surface area contributed by atoms with Crippen LogP contribution < -0.4 is 5.32 Å². The summed E-state index contributed by atoms with van der Waals surface area (Å²) in [6, 6.07) is 18.8. The first-order valence-corrected chi connectivity index (χ1v) is 9.94. The van der Waals surface area contributed by atoms with Crippen molar-refractivity contribution in [3.63, 3.8) is 0 Å². The van der Waals surface area contributed by atoms with Crippen LogP contribution in [0.4, 0.5) is 0 Å². The Bertz CT molecular complexity index is 889. The van der Waals surface area contributed by atoms with Crippen LogP contribution in [0.1, 0.15) is 23.5 Å². The van der Waals surface area contributed by atoms with Gasteiger partial charge in [0.2, 0.25) is 5.91 Å². The molecule has 2 aliphatic rings. The first-order valence-electron chi connectivity index (χ1n) is 9.94. The van der Waals surface area contributed by atoms with E-state index in [0.717, 1.165) is 43.7 Å². The number of amides is 1. The average molecular weight is 447 g/mol. The van der Waals surface area contributed by atoms with Crippen LogP contribution in [0, 0.1) is 11.3 Å². The molecule has 2 fully saturated rings. The van der Waals surface area contributed by atoms with Crippen LogP contribution in [-0.4, -0.2) is 61.5 Å². The molecule has 0 bridgehead atoms. The molecule has 1 saturated carbocycles. The standard InChI is InChI=1S/C23H26N4O.2ClH/c1-26-9-11-27(12-10-26)23(28)16-25-22-14-21(22)19-7-5-18(6-8-19)20-4-2-3-17(13-20)15-24;;/h2-8,13,21-22,25H,9-12,14,16H2,1H3;2*1H. The number of likely N-dealkylation sites (N-methyl/N-ethyl adjacent to an activating group) is 1. The fourth-order valence-corrected chi connectivity index (χ4v) is 3.87. The Balaban J connectivity index is 0.00000160. The molecule has 2 aromatic carbocycles. The smallest absolute Gasteiger partial charge is 0.236 e. The summed E-state index contributed by atoms with van der Waals surface area (Å²) in [5, 5.41) is 12.5. The summed E-state index contributed by atoms with van der Waals surface area (Å²) >= 11 is 0. The normalized spacial score (nSPS) is 20.5. The van der Waals surface area contributed by atoms with Gasteiger partial charge in [-0.2, -0.15) is 5.26 Å². The molecule has 2 aromatic rings. The zero-order chi connectivity index (χ0) is 19.5. The van der Waals surface area contributed by atoms with E-state index in [1.54, 1.807) is 0 Å². The maximum absolute atomic E-state index is 12.4. The molecule has 160 valence electrons. The average Bonchev–Trinajstić information content (AvgIpc) is 3.52. The fourth-order valence-electron chi connectivity index (χ4n) is 3.87. The topological polar surface area (TPSA) is 59.4 Å². The Kier molecular flexibility index (Phi) is 8.69. The number of nitriles is 1. The lowest BCUT2D eigenvalue weighted by Crippen LogP contribution is -2.49. The molecule has 1 aliphatic heterocycles. The van der Waals surface area contributed by atoms with Gasteiger partial charge in [0.15, 0.2) is 0 Å². The van der Waals surface area contributed by atoms with Crippen LogP contribution in [0.25, 0.3) is 11.1 Å². The third kappa shape index (κ3) is 5.74. The van der Waals surface area contributed by atoms with Crippen LogP contribution >= 0.6 is 24.8 Å². The fraction of sp³-hybridized carbons (Fsp3) is 0.391.